The monoisotopic (exact) mass is 471 g/mol. The summed E-state index contributed by atoms with van der Waals surface area (Å²) in [7, 11) is -1.32. The molecule has 2 bridgehead atoms. The quantitative estimate of drug-likeness (QED) is 0.672. The Morgan fingerprint density at radius 1 is 1.03 bits per heavy atom. The molecule has 33 heavy (non-hydrogen) atoms. The third-order valence-electron chi connectivity index (χ3n) is 7.78. The molecule has 0 saturated carbocycles. The fourth-order valence-corrected chi connectivity index (χ4v) is 7.27. The lowest BCUT2D eigenvalue weighted by molar-refractivity contribution is 0.122. The Morgan fingerprint density at radius 2 is 1.73 bits per heavy atom. The maximum atomic E-state index is 13.5. The number of carbonyl (C=O) groups is 1. The van der Waals surface area contributed by atoms with E-state index in [1.807, 2.05) is 17.0 Å². The molecule has 4 aliphatic rings. The van der Waals surface area contributed by atoms with Gasteiger partial charge < -0.3 is 19.4 Å². The van der Waals surface area contributed by atoms with Gasteiger partial charge in [0, 0.05) is 48.7 Å². The Labute approximate surface area is 196 Å². The van der Waals surface area contributed by atoms with Gasteiger partial charge in [0.1, 0.15) is 5.75 Å². The highest BCUT2D eigenvalue weighted by Crippen LogP contribution is 2.46. The van der Waals surface area contributed by atoms with Crippen LogP contribution in [0.5, 0.6) is 5.75 Å². The molecule has 2 unspecified atom stereocenters. The molecule has 2 amide bonds. The summed E-state index contributed by atoms with van der Waals surface area (Å²) in [5.41, 5.74) is 1.23. The molecule has 4 aliphatic heterocycles. The molecule has 0 radical (unpaired) electrons. The Kier molecular flexibility index (Phi) is 5.46. The Bertz CT molecular complexity index is 1170. The molecule has 4 saturated heterocycles. The summed E-state index contributed by atoms with van der Waals surface area (Å²) in [5.74, 6) is 0.996. The van der Waals surface area contributed by atoms with Crippen LogP contribution in [0.4, 0.5) is 10.5 Å². The third-order valence-corrected chi connectivity index (χ3v) is 9.39. The van der Waals surface area contributed by atoms with E-state index in [9.17, 15) is 13.2 Å². The highest BCUT2D eigenvalue weighted by atomic mass is 32.2. The molecule has 6 rings (SSSR count). The van der Waals surface area contributed by atoms with Crippen LogP contribution in [-0.4, -0.2) is 81.1 Å². The van der Waals surface area contributed by atoms with Crippen molar-refractivity contribution in [2.45, 2.75) is 38.8 Å². The highest BCUT2D eigenvalue weighted by molar-refractivity contribution is 7.91. The van der Waals surface area contributed by atoms with E-state index in [1.54, 1.807) is 12.0 Å². The molecule has 2 aromatic carbocycles. The largest absolute Gasteiger partial charge is 0.496 e. The summed E-state index contributed by atoms with van der Waals surface area (Å²) in [4.78, 5) is 19.7. The fraction of sp³-hybridized carbons (Fsp3) is 0.560. The summed E-state index contributed by atoms with van der Waals surface area (Å²) in [6.45, 7) is 6.69. The lowest BCUT2D eigenvalue weighted by Gasteiger charge is -2.49. The van der Waals surface area contributed by atoms with Gasteiger partial charge in [0.15, 0.2) is 9.84 Å². The van der Waals surface area contributed by atoms with Crippen LogP contribution in [-0.2, 0) is 9.84 Å². The van der Waals surface area contributed by atoms with E-state index in [4.69, 9.17) is 4.74 Å². The van der Waals surface area contributed by atoms with E-state index in [1.165, 1.54) is 11.1 Å². The molecule has 4 heterocycles. The number of ether oxygens (including phenoxy) is 1. The first-order valence-corrected chi connectivity index (χ1v) is 13.6. The molecule has 2 atom stereocenters. The smallest absolute Gasteiger partial charge is 0.320 e. The van der Waals surface area contributed by atoms with Crippen LogP contribution in [0.15, 0.2) is 36.4 Å². The third kappa shape index (κ3) is 3.92. The minimum absolute atomic E-state index is 0.00668. The van der Waals surface area contributed by atoms with Gasteiger partial charge in [-0.25, -0.2) is 13.2 Å². The van der Waals surface area contributed by atoms with Crippen molar-refractivity contribution in [3.63, 3.8) is 0 Å². The summed E-state index contributed by atoms with van der Waals surface area (Å²) in [5, 5.41) is 2.26. The number of hydrogen-bond donors (Lipinski definition) is 0. The van der Waals surface area contributed by atoms with E-state index < -0.39 is 9.84 Å². The lowest BCUT2D eigenvalue weighted by atomic mass is 9.74. The molecule has 4 fully saturated rings. The predicted molar refractivity (Wildman–Crippen MR) is 131 cm³/mol. The van der Waals surface area contributed by atoms with Crippen LogP contribution in [0.1, 0.15) is 26.7 Å². The number of fused-ring (bicyclic) bond motifs is 5. The number of nitrogens with zero attached hydrogens (tertiary/aromatic N) is 3. The molecule has 0 aliphatic carbocycles. The summed E-state index contributed by atoms with van der Waals surface area (Å²) >= 11 is 0. The van der Waals surface area contributed by atoms with Crippen LogP contribution >= 0.6 is 0 Å². The van der Waals surface area contributed by atoms with E-state index in [2.05, 4.69) is 43.0 Å². The van der Waals surface area contributed by atoms with E-state index in [-0.39, 0.29) is 29.0 Å². The van der Waals surface area contributed by atoms with Crippen LogP contribution in [0, 0.1) is 5.41 Å². The van der Waals surface area contributed by atoms with Gasteiger partial charge in [0.25, 0.3) is 0 Å². The van der Waals surface area contributed by atoms with Crippen molar-refractivity contribution in [3.05, 3.63) is 36.4 Å². The number of urea groups is 1. The zero-order valence-electron chi connectivity index (χ0n) is 19.7. The van der Waals surface area contributed by atoms with E-state index in [0.29, 0.717) is 25.7 Å². The van der Waals surface area contributed by atoms with Gasteiger partial charge in [-0.2, -0.15) is 0 Å². The molecule has 0 aromatic heterocycles. The number of anilines is 1. The number of amides is 2. The van der Waals surface area contributed by atoms with E-state index >= 15 is 0 Å². The Hall–Kier alpha value is -2.48. The van der Waals surface area contributed by atoms with E-state index in [0.717, 1.165) is 30.5 Å². The second-order valence-electron chi connectivity index (χ2n) is 10.3. The fourth-order valence-electron chi connectivity index (χ4n) is 6.07. The zero-order chi connectivity index (χ0) is 23.4. The van der Waals surface area contributed by atoms with Crippen LogP contribution in [0.3, 0.4) is 0 Å². The van der Waals surface area contributed by atoms with Crippen molar-refractivity contribution in [1.82, 2.24) is 9.80 Å². The first-order chi connectivity index (χ1) is 15.7. The molecule has 178 valence electrons. The first kappa shape index (κ1) is 22.3. The minimum Gasteiger partial charge on any atom is -0.496 e. The SMILES string of the molecule is COc1ccc(N2CC3CC(C)(C)C2CCN3C(=O)N2CCS(=O)(=O)CC2)c2ccccc12. The summed E-state index contributed by atoms with van der Waals surface area (Å²) in [6.07, 6.45) is 1.84. The van der Waals surface area contributed by atoms with Gasteiger partial charge in [0.05, 0.1) is 24.7 Å². The Morgan fingerprint density at radius 3 is 2.42 bits per heavy atom. The van der Waals surface area contributed by atoms with Crippen molar-refractivity contribution in [2.24, 2.45) is 5.41 Å². The van der Waals surface area contributed by atoms with Crippen molar-refractivity contribution in [2.75, 3.05) is 49.7 Å². The van der Waals surface area contributed by atoms with Crippen LogP contribution < -0.4 is 9.64 Å². The predicted octanol–water partition coefficient (Wildman–Crippen LogP) is 3.38. The maximum absolute atomic E-state index is 13.5. The topological polar surface area (TPSA) is 70.2 Å². The number of benzene rings is 2. The zero-order valence-corrected chi connectivity index (χ0v) is 20.5. The van der Waals surface area contributed by atoms with Crippen molar-refractivity contribution < 1.29 is 17.9 Å². The number of rotatable bonds is 2. The first-order valence-electron chi connectivity index (χ1n) is 11.8. The van der Waals surface area contributed by atoms with Gasteiger partial charge in [-0.15, -0.1) is 0 Å². The highest BCUT2D eigenvalue weighted by Gasteiger charge is 2.48. The molecule has 0 N–H and O–H groups in total. The number of piperidine rings is 1. The molecular formula is C25H33N3O4S. The molecule has 7 nitrogen and oxygen atoms in total. The number of carbonyl (C=O) groups excluding carboxylic acids is 1. The van der Waals surface area contributed by atoms with Crippen molar-refractivity contribution >= 4 is 32.3 Å². The van der Waals surface area contributed by atoms with Gasteiger partial charge in [-0.3, -0.25) is 0 Å². The summed E-state index contributed by atoms with van der Waals surface area (Å²) in [6, 6.07) is 12.9. The molecule has 8 heteroatoms. The summed E-state index contributed by atoms with van der Waals surface area (Å²) < 4.78 is 29.3. The maximum Gasteiger partial charge on any atom is 0.320 e. The van der Waals surface area contributed by atoms with Gasteiger partial charge in [-0.1, -0.05) is 38.1 Å². The van der Waals surface area contributed by atoms with Crippen molar-refractivity contribution in [3.8, 4) is 5.75 Å². The molecular weight excluding hydrogens is 438 g/mol. The minimum atomic E-state index is -3.02. The second kappa shape index (κ2) is 8.08. The number of sulfone groups is 1. The van der Waals surface area contributed by atoms with Crippen LogP contribution in [0.2, 0.25) is 0 Å². The number of hydrogen-bond acceptors (Lipinski definition) is 5. The second-order valence-corrected chi connectivity index (χ2v) is 12.6. The average molecular weight is 472 g/mol. The lowest BCUT2D eigenvalue weighted by Crippen LogP contribution is -2.58. The van der Waals surface area contributed by atoms with Crippen molar-refractivity contribution in [1.29, 1.82) is 0 Å². The standard InChI is InChI=1S/C25H33N3O4S/c1-25(2)16-18-17-28(21-8-9-22(32-3)20-7-5-4-6-19(20)21)23(25)10-11-27(18)24(29)26-12-14-33(30,31)15-13-26/h4-9,18,23H,10-17H2,1-3H3. The van der Waals surface area contributed by atoms with Gasteiger partial charge in [0.2, 0.25) is 0 Å². The molecule has 2 aromatic rings. The van der Waals surface area contributed by atoms with Crippen LogP contribution in [0.25, 0.3) is 10.8 Å². The van der Waals surface area contributed by atoms with Gasteiger partial charge in [-0.05, 0) is 30.4 Å². The van der Waals surface area contributed by atoms with Gasteiger partial charge >= 0.3 is 6.03 Å². The molecule has 0 spiro atoms. The normalized spacial score (nSPS) is 26.3. The Balaban J connectivity index is 1.48. The average Bonchev–Trinajstić information content (AvgIpc) is 3.04. The number of methoxy groups -OCH3 is 1.